The first-order chi connectivity index (χ1) is 13.3. The molecule has 27 heavy (non-hydrogen) atoms. The molecule has 1 fully saturated rings. The Morgan fingerprint density at radius 1 is 1.04 bits per heavy atom. The van der Waals surface area contributed by atoms with E-state index in [2.05, 4.69) is 34.6 Å². The lowest BCUT2D eigenvalue weighted by Gasteiger charge is -2.19. The van der Waals surface area contributed by atoms with E-state index in [1.807, 2.05) is 36.5 Å². The number of rotatable bonds is 8. The smallest absolute Gasteiger partial charge is 0.261 e. The lowest BCUT2D eigenvalue weighted by atomic mass is 10.00. The molecule has 1 N–H and O–H groups in total. The maximum Gasteiger partial charge on any atom is 0.261 e. The second kappa shape index (κ2) is 8.49. The van der Waals surface area contributed by atoms with Gasteiger partial charge in [-0.2, -0.15) is 0 Å². The highest BCUT2D eigenvalue weighted by atomic mass is 32.1. The normalized spacial score (nSPS) is 14.7. The number of carbonyl (C=O) groups excluding carboxylic acids is 1. The summed E-state index contributed by atoms with van der Waals surface area (Å²) in [6.45, 7) is 0. The van der Waals surface area contributed by atoms with Gasteiger partial charge in [-0.05, 0) is 67.3 Å². The van der Waals surface area contributed by atoms with E-state index in [-0.39, 0.29) is 11.9 Å². The number of aromatic nitrogens is 1. The fourth-order valence-electron chi connectivity index (χ4n) is 3.35. The highest BCUT2D eigenvalue weighted by Crippen LogP contribution is 2.34. The number of benzene rings is 1. The van der Waals surface area contributed by atoms with Gasteiger partial charge in [0.1, 0.15) is 0 Å². The summed E-state index contributed by atoms with van der Waals surface area (Å²) in [5.74, 6) is 0.878. The van der Waals surface area contributed by atoms with Crippen molar-refractivity contribution in [2.45, 2.75) is 38.1 Å². The predicted molar refractivity (Wildman–Crippen MR) is 110 cm³/mol. The SMILES string of the molecule is O=C(NC(Cc1ccccc1)Cc1cccnc1)c1ccc(CC2CC2)s1. The lowest BCUT2D eigenvalue weighted by molar-refractivity contribution is 0.0941. The number of nitrogens with zero attached hydrogens (tertiary/aromatic N) is 1. The number of pyridine rings is 1. The third-order valence-electron chi connectivity index (χ3n) is 4.94. The Morgan fingerprint density at radius 3 is 2.56 bits per heavy atom. The molecule has 0 spiro atoms. The first kappa shape index (κ1) is 17.9. The Kier molecular flexibility index (Phi) is 5.64. The van der Waals surface area contributed by atoms with Crippen molar-refractivity contribution in [3.05, 3.63) is 87.9 Å². The summed E-state index contributed by atoms with van der Waals surface area (Å²) in [7, 11) is 0. The Balaban J connectivity index is 1.45. The number of nitrogens with one attached hydrogen (secondary N) is 1. The van der Waals surface area contributed by atoms with E-state index in [1.165, 1.54) is 23.3 Å². The lowest BCUT2D eigenvalue weighted by Crippen LogP contribution is -2.37. The molecule has 0 aliphatic heterocycles. The number of carbonyl (C=O) groups is 1. The second-order valence-corrected chi connectivity index (χ2v) is 8.51. The highest BCUT2D eigenvalue weighted by Gasteiger charge is 2.23. The van der Waals surface area contributed by atoms with Crippen LogP contribution in [-0.4, -0.2) is 16.9 Å². The van der Waals surface area contributed by atoms with E-state index in [1.54, 1.807) is 17.5 Å². The van der Waals surface area contributed by atoms with Gasteiger partial charge >= 0.3 is 0 Å². The summed E-state index contributed by atoms with van der Waals surface area (Å²) >= 11 is 1.64. The van der Waals surface area contributed by atoms with Crippen molar-refractivity contribution in [1.29, 1.82) is 0 Å². The van der Waals surface area contributed by atoms with Gasteiger partial charge in [0.05, 0.1) is 4.88 Å². The molecule has 1 aliphatic rings. The van der Waals surface area contributed by atoms with E-state index in [9.17, 15) is 4.79 Å². The molecule has 0 bridgehead atoms. The average molecular weight is 377 g/mol. The zero-order valence-electron chi connectivity index (χ0n) is 15.3. The van der Waals surface area contributed by atoms with Crippen LogP contribution < -0.4 is 5.32 Å². The van der Waals surface area contributed by atoms with Gasteiger partial charge < -0.3 is 5.32 Å². The van der Waals surface area contributed by atoms with Gasteiger partial charge in [0, 0.05) is 23.3 Å². The quantitative estimate of drug-likeness (QED) is 0.620. The van der Waals surface area contributed by atoms with Crippen molar-refractivity contribution in [1.82, 2.24) is 10.3 Å². The van der Waals surface area contributed by atoms with E-state index < -0.39 is 0 Å². The number of hydrogen-bond acceptors (Lipinski definition) is 3. The molecule has 2 aromatic heterocycles. The van der Waals surface area contributed by atoms with Crippen molar-refractivity contribution in [2.75, 3.05) is 0 Å². The molecule has 138 valence electrons. The van der Waals surface area contributed by atoms with Crippen molar-refractivity contribution in [3.8, 4) is 0 Å². The van der Waals surface area contributed by atoms with E-state index in [4.69, 9.17) is 0 Å². The second-order valence-electron chi connectivity index (χ2n) is 7.34. The third-order valence-corrected chi connectivity index (χ3v) is 6.04. The van der Waals surface area contributed by atoms with Crippen LogP contribution in [-0.2, 0) is 19.3 Å². The van der Waals surface area contributed by atoms with Gasteiger partial charge in [0.25, 0.3) is 5.91 Å². The Hall–Kier alpha value is -2.46. The van der Waals surface area contributed by atoms with Gasteiger partial charge in [0.15, 0.2) is 0 Å². The molecule has 3 nitrogen and oxygen atoms in total. The zero-order valence-corrected chi connectivity index (χ0v) is 16.1. The maximum atomic E-state index is 12.8. The molecular formula is C23H24N2OS. The fraction of sp³-hybridized carbons (Fsp3) is 0.304. The van der Waals surface area contributed by atoms with Gasteiger partial charge in [0.2, 0.25) is 0 Å². The van der Waals surface area contributed by atoms with Gasteiger partial charge in [-0.25, -0.2) is 0 Å². The minimum atomic E-state index is 0.0341. The fourth-order valence-corrected chi connectivity index (χ4v) is 4.37. The van der Waals surface area contributed by atoms with Gasteiger partial charge in [-0.3, -0.25) is 9.78 Å². The van der Waals surface area contributed by atoms with Crippen LogP contribution in [0.2, 0.25) is 0 Å². The zero-order chi connectivity index (χ0) is 18.5. The molecule has 3 aromatic rings. The molecule has 1 aliphatic carbocycles. The third kappa shape index (κ3) is 5.27. The summed E-state index contributed by atoms with van der Waals surface area (Å²) in [6, 6.07) is 18.5. The summed E-state index contributed by atoms with van der Waals surface area (Å²) in [5.41, 5.74) is 2.37. The minimum absolute atomic E-state index is 0.0341. The molecule has 0 saturated heterocycles. The van der Waals surface area contributed by atoms with Crippen molar-refractivity contribution < 1.29 is 4.79 Å². The topological polar surface area (TPSA) is 42.0 Å². The summed E-state index contributed by atoms with van der Waals surface area (Å²) in [4.78, 5) is 19.2. The van der Waals surface area contributed by atoms with Crippen molar-refractivity contribution in [3.63, 3.8) is 0 Å². The maximum absolute atomic E-state index is 12.8. The van der Waals surface area contributed by atoms with Crippen LogP contribution >= 0.6 is 11.3 Å². The van der Waals surface area contributed by atoms with Crippen molar-refractivity contribution in [2.24, 2.45) is 5.92 Å². The molecule has 1 amide bonds. The van der Waals surface area contributed by atoms with Crippen LogP contribution in [0.25, 0.3) is 0 Å². The van der Waals surface area contributed by atoms with Crippen LogP contribution in [0, 0.1) is 5.92 Å². The summed E-state index contributed by atoms with van der Waals surface area (Å²) < 4.78 is 0. The summed E-state index contributed by atoms with van der Waals surface area (Å²) in [6.07, 6.45) is 9.04. The largest absolute Gasteiger partial charge is 0.348 e. The number of amides is 1. The van der Waals surface area contributed by atoms with E-state index in [0.29, 0.717) is 0 Å². The molecule has 4 heteroatoms. The number of thiophene rings is 1. The average Bonchev–Trinajstić information content (AvgIpc) is 3.37. The van der Waals surface area contributed by atoms with Crippen LogP contribution in [0.3, 0.4) is 0 Å². The van der Waals surface area contributed by atoms with Crippen molar-refractivity contribution >= 4 is 17.2 Å². The van der Waals surface area contributed by atoms with E-state index in [0.717, 1.165) is 35.6 Å². The van der Waals surface area contributed by atoms with Crippen LogP contribution in [0.5, 0.6) is 0 Å². The van der Waals surface area contributed by atoms with Crippen LogP contribution in [0.4, 0.5) is 0 Å². The molecule has 1 aromatic carbocycles. The predicted octanol–water partition coefficient (Wildman–Crippen LogP) is 4.68. The minimum Gasteiger partial charge on any atom is -0.348 e. The van der Waals surface area contributed by atoms with Gasteiger partial charge in [-0.15, -0.1) is 11.3 Å². The summed E-state index contributed by atoms with van der Waals surface area (Å²) in [5, 5.41) is 3.26. The van der Waals surface area contributed by atoms with Crippen LogP contribution in [0.1, 0.15) is 38.5 Å². The Morgan fingerprint density at radius 2 is 1.81 bits per heavy atom. The first-order valence-electron chi connectivity index (χ1n) is 9.58. The molecule has 4 rings (SSSR count). The Bertz CT molecular complexity index is 830. The molecule has 2 heterocycles. The standard InChI is InChI=1S/C23H24N2OS/c26-23(22-11-10-21(27-22)15-18-8-9-18)25-20(13-17-5-2-1-3-6-17)14-19-7-4-12-24-16-19/h1-7,10-12,16,18,20H,8-9,13-15H2,(H,25,26). The molecule has 0 radical (unpaired) electrons. The molecule has 1 unspecified atom stereocenters. The highest BCUT2D eigenvalue weighted by molar-refractivity contribution is 7.14. The van der Waals surface area contributed by atoms with Crippen LogP contribution in [0.15, 0.2) is 67.0 Å². The molecule has 1 atom stereocenters. The Labute approximate surface area is 164 Å². The molecule has 1 saturated carbocycles. The molecular weight excluding hydrogens is 352 g/mol. The van der Waals surface area contributed by atoms with Gasteiger partial charge in [-0.1, -0.05) is 36.4 Å². The first-order valence-corrected chi connectivity index (χ1v) is 10.4. The van der Waals surface area contributed by atoms with E-state index >= 15 is 0 Å². The monoisotopic (exact) mass is 376 g/mol. The number of hydrogen-bond donors (Lipinski definition) is 1.